The van der Waals surface area contributed by atoms with Crippen LogP contribution in [-0.2, 0) is 0 Å². The number of likely N-dealkylation sites (tertiary alicyclic amines) is 1. The van der Waals surface area contributed by atoms with Gasteiger partial charge in [0.1, 0.15) is 11.9 Å². The molecule has 2 saturated heterocycles. The van der Waals surface area contributed by atoms with E-state index in [9.17, 15) is 0 Å². The van der Waals surface area contributed by atoms with E-state index in [1.807, 2.05) is 24.3 Å². The van der Waals surface area contributed by atoms with Gasteiger partial charge in [0.25, 0.3) is 0 Å². The lowest BCUT2D eigenvalue weighted by Crippen LogP contribution is -2.42. The smallest absolute Gasteiger partial charge is 0.228 e. The minimum atomic E-state index is 0.0643. The molecule has 33 heavy (non-hydrogen) atoms. The Labute approximate surface area is 201 Å². The quantitative estimate of drug-likeness (QED) is 0.385. The second-order valence-corrected chi connectivity index (χ2v) is 9.99. The van der Waals surface area contributed by atoms with Crippen molar-refractivity contribution in [1.82, 2.24) is 19.2 Å². The van der Waals surface area contributed by atoms with E-state index in [4.69, 9.17) is 20.9 Å². The first-order valence-electron chi connectivity index (χ1n) is 11.8. The fourth-order valence-corrected chi connectivity index (χ4v) is 5.09. The number of benzene rings is 1. The zero-order valence-electron chi connectivity index (χ0n) is 19.8. The average molecular weight is 470 g/mol. The number of rotatable bonds is 8. The van der Waals surface area contributed by atoms with Gasteiger partial charge >= 0.3 is 0 Å². The van der Waals surface area contributed by atoms with E-state index < -0.39 is 0 Å². The normalized spacial score (nSPS) is 18.1. The number of anilines is 2. The molecule has 0 unspecified atom stereocenters. The maximum absolute atomic E-state index is 8.18. The molecule has 4 N–H and O–H groups in total. The summed E-state index contributed by atoms with van der Waals surface area (Å²) in [5, 5.41) is 8.18. The topological polar surface area (TPSA) is 103 Å². The van der Waals surface area contributed by atoms with E-state index in [1.54, 1.807) is 19.1 Å². The summed E-state index contributed by atoms with van der Waals surface area (Å²) in [6, 6.07) is 8.57. The lowest BCUT2D eigenvalue weighted by atomic mass is 10.1. The van der Waals surface area contributed by atoms with Crippen molar-refractivity contribution in [2.24, 2.45) is 0 Å². The molecule has 1 aromatic heterocycles. The predicted molar refractivity (Wildman–Crippen MR) is 137 cm³/mol. The van der Waals surface area contributed by atoms with Crippen molar-refractivity contribution in [2.75, 3.05) is 36.6 Å². The zero-order valence-corrected chi connectivity index (χ0v) is 20.6. The first-order valence-corrected chi connectivity index (χ1v) is 12.6. The van der Waals surface area contributed by atoms with Crippen LogP contribution in [0.15, 0.2) is 24.3 Å². The molecule has 0 radical (unpaired) electrons. The fraction of sp³-hybridized carbons (Fsp3) is 0.542. The number of nitrogens with two attached hydrogens (primary N) is 1. The fourth-order valence-electron chi connectivity index (χ4n) is 4.28. The largest absolute Gasteiger partial charge is 0.474 e. The first-order chi connectivity index (χ1) is 15.9. The Hall–Kier alpha value is -2.36. The molecule has 0 bridgehead atoms. The molecule has 8 nitrogen and oxygen atoms in total. The van der Waals surface area contributed by atoms with E-state index in [0.29, 0.717) is 29.0 Å². The Morgan fingerprint density at radius 2 is 1.79 bits per heavy atom. The van der Waals surface area contributed by atoms with Gasteiger partial charge in [-0.15, -0.1) is 0 Å². The molecule has 3 heterocycles. The van der Waals surface area contributed by atoms with Crippen LogP contribution in [0.2, 0.25) is 0 Å². The highest BCUT2D eigenvalue weighted by Gasteiger charge is 2.25. The predicted octanol–water partition coefficient (Wildman–Crippen LogP) is 4.44. The number of piperidine rings is 1. The van der Waals surface area contributed by atoms with Crippen LogP contribution in [0.1, 0.15) is 52.0 Å². The van der Waals surface area contributed by atoms with Crippen molar-refractivity contribution < 1.29 is 4.74 Å². The summed E-state index contributed by atoms with van der Waals surface area (Å²) < 4.78 is 12.1. The Balaban J connectivity index is 1.49. The lowest BCUT2D eigenvalue weighted by molar-refractivity contribution is 0.0812. The summed E-state index contributed by atoms with van der Waals surface area (Å²) in [6.07, 6.45) is 4.46. The van der Waals surface area contributed by atoms with Crippen molar-refractivity contribution in [3.63, 3.8) is 0 Å². The molecule has 4 rings (SSSR count). The summed E-state index contributed by atoms with van der Waals surface area (Å²) >= 11 is 1.66. The van der Waals surface area contributed by atoms with E-state index in [2.05, 4.69) is 32.8 Å². The maximum atomic E-state index is 8.18. The van der Waals surface area contributed by atoms with Gasteiger partial charge in [-0.3, -0.25) is 0 Å². The second-order valence-electron chi connectivity index (χ2n) is 9.09. The zero-order chi connectivity index (χ0) is 23.4. The van der Waals surface area contributed by atoms with Gasteiger partial charge in [0, 0.05) is 61.3 Å². The molecule has 9 heteroatoms. The number of ether oxygens (including phenoxy) is 1. The number of nitrogens with one attached hydrogen (secondary N) is 2. The third-order valence-electron chi connectivity index (χ3n) is 6.26. The van der Waals surface area contributed by atoms with Gasteiger partial charge < -0.3 is 25.5 Å². The van der Waals surface area contributed by atoms with Crippen molar-refractivity contribution in [3.05, 3.63) is 29.8 Å². The van der Waals surface area contributed by atoms with Crippen LogP contribution in [0.5, 0.6) is 5.88 Å². The van der Waals surface area contributed by atoms with E-state index >= 15 is 0 Å². The number of nitrogen functional groups attached to an aromatic ring is 1. The summed E-state index contributed by atoms with van der Waals surface area (Å²) in [7, 11) is 0. The third-order valence-corrected chi connectivity index (χ3v) is 7.22. The first kappa shape index (κ1) is 23.8. The standard InChI is InChI=1S/C24H35N7OS/c1-16(2)30-14-10-20(11-15-30)32-24-21(17(3)25)22(26)27-23(28-24)18-6-8-19(9-7-18)29-33-31-12-4-5-13-31/h6-9,16,20,25,29H,4-5,10-15H2,1-3H3,(H2,26,27,28). The molecule has 0 amide bonds. The maximum Gasteiger partial charge on any atom is 0.228 e. The number of hydrogen-bond acceptors (Lipinski definition) is 9. The van der Waals surface area contributed by atoms with Gasteiger partial charge in [0.15, 0.2) is 5.82 Å². The van der Waals surface area contributed by atoms with Crippen molar-refractivity contribution in [1.29, 1.82) is 5.41 Å². The molecule has 2 fully saturated rings. The Bertz CT molecular complexity index is 952. The molecule has 2 aliphatic heterocycles. The number of aromatic nitrogens is 2. The monoisotopic (exact) mass is 469 g/mol. The summed E-state index contributed by atoms with van der Waals surface area (Å²) in [5.41, 5.74) is 8.98. The Kier molecular flexibility index (Phi) is 7.72. The van der Waals surface area contributed by atoms with Gasteiger partial charge in [-0.1, -0.05) is 0 Å². The molecule has 2 aliphatic rings. The van der Waals surface area contributed by atoms with Crippen molar-refractivity contribution in [3.8, 4) is 17.3 Å². The molecule has 1 aromatic carbocycles. The van der Waals surface area contributed by atoms with E-state index in [0.717, 1.165) is 50.3 Å². The molecule has 0 atom stereocenters. The summed E-state index contributed by atoms with van der Waals surface area (Å²) in [5.74, 6) is 1.22. The van der Waals surface area contributed by atoms with Crippen LogP contribution >= 0.6 is 12.1 Å². The van der Waals surface area contributed by atoms with E-state index in [1.165, 1.54) is 12.8 Å². The highest BCUT2D eigenvalue weighted by molar-refractivity contribution is 7.98. The molecule has 0 spiro atoms. The Morgan fingerprint density at radius 1 is 1.12 bits per heavy atom. The van der Waals surface area contributed by atoms with E-state index in [-0.39, 0.29) is 11.9 Å². The van der Waals surface area contributed by atoms with Gasteiger partial charge in [0.05, 0.1) is 5.56 Å². The van der Waals surface area contributed by atoms with Crippen LogP contribution in [0.4, 0.5) is 11.5 Å². The van der Waals surface area contributed by atoms with Crippen LogP contribution in [0.25, 0.3) is 11.4 Å². The molecular formula is C24H35N7OS. The Morgan fingerprint density at radius 3 is 2.39 bits per heavy atom. The van der Waals surface area contributed by atoms with Gasteiger partial charge in [-0.2, -0.15) is 4.98 Å². The van der Waals surface area contributed by atoms with Crippen LogP contribution in [0.3, 0.4) is 0 Å². The minimum Gasteiger partial charge on any atom is -0.474 e. The van der Waals surface area contributed by atoms with Crippen LogP contribution in [-0.4, -0.2) is 63.2 Å². The van der Waals surface area contributed by atoms with Crippen molar-refractivity contribution in [2.45, 2.75) is 58.6 Å². The molecule has 0 aliphatic carbocycles. The average Bonchev–Trinajstić information content (AvgIpc) is 3.31. The van der Waals surface area contributed by atoms with Crippen LogP contribution in [0, 0.1) is 5.41 Å². The van der Waals surface area contributed by atoms with Gasteiger partial charge in [0.2, 0.25) is 5.88 Å². The molecule has 2 aromatic rings. The molecule has 178 valence electrons. The lowest BCUT2D eigenvalue weighted by Gasteiger charge is -2.34. The SMILES string of the molecule is CC(=N)c1c(N)nc(-c2ccc(NSN3CCCC3)cc2)nc1OC1CCN(C(C)C)CC1. The van der Waals surface area contributed by atoms with Crippen molar-refractivity contribution >= 4 is 29.4 Å². The number of nitrogens with zero attached hydrogens (tertiary/aromatic N) is 4. The summed E-state index contributed by atoms with van der Waals surface area (Å²) in [6.45, 7) is 10.4. The number of hydrogen-bond donors (Lipinski definition) is 3. The second kappa shape index (κ2) is 10.7. The third kappa shape index (κ3) is 5.96. The molecular weight excluding hydrogens is 434 g/mol. The highest BCUT2D eigenvalue weighted by Crippen LogP contribution is 2.30. The molecule has 0 saturated carbocycles. The van der Waals surface area contributed by atoms with Gasteiger partial charge in [-0.25, -0.2) is 9.29 Å². The minimum absolute atomic E-state index is 0.0643. The highest BCUT2D eigenvalue weighted by atomic mass is 32.2. The van der Waals surface area contributed by atoms with Crippen LogP contribution < -0.4 is 15.2 Å². The van der Waals surface area contributed by atoms with Gasteiger partial charge in [-0.05, 0) is 70.7 Å². The summed E-state index contributed by atoms with van der Waals surface area (Å²) in [4.78, 5) is 11.7.